The highest BCUT2D eigenvalue weighted by Crippen LogP contribution is 2.41. The van der Waals surface area contributed by atoms with Gasteiger partial charge in [0.15, 0.2) is 0 Å². The van der Waals surface area contributed by atoms with E-state index in [0.717, 1.165) is 32.1 Å². The van der Waals surface area contributed by atoms with Gasteiger partial charge in [-0.15, -0.1) is 0 Å². The zero-order valence-electron chi connectivity index (χ0n) is 11.9. The van der Waals surface area contributed by atoms with Crippen LogP contribution < -0.4 is 0 Å². The van der Waals surface area contributed by atoms with Crippen molar-refractivity contribution in [3.8, 4) is 0 Å². The topological polar surface area (TPSA) is 43.8 Å². The molecule has 0 spiro atoms. The van der Waals surface area contributed by atoms with Crippen LogP contribution in [-0.4, -0.2) is 58.1 Å². The smallest absolute Gasteiger partial charge is 0.305 e. The Morgan fingerprint density at radius 3 is 2.44 bits per heavy atom. The maximum Gasteiger partial charge on any atom is 0.305 e. The van der Waals surface area contributed by atoms with E-state index in [0.29, 0.717) is 6.04 Å². The lowest BCUT2D eigenvalue weighted by atomic mass is 9.90. The highest BCUT2D eigenvalue weighted by atomic mass is 16.4. The highest BCUT2D eigenvalue weighted by molar-refractivity contribution is 5.68. The van der Waals surface area contributed by atoms with Gasteiger partial charge in [-0.3, -0.25) is 14.6 Å². The molecule has 0 aromatic heterocycles. The lowest BCUT2D eigenvalue weighted by Gasteiger charge is -2.39. The quantitative estimate of drug-likeness (QED) is 0.785. The molecular formula is C14H26N2O2. The third-order valence-corrected chi connectivity index (χ3v) is 4.65. The number of likely N-dealkylation sites (tertiary alicyclic amines) is 1. The second-order valence-corrected chi connectivity index (χ2v) is 5.92. The number of carboxylic acid groups (broad SMARTS) is 1. The maximum atomic E-state index is 11.3. The largest absolute Gasteiger partial charge is 0.481 e. The van der Waals surface area contributed by atoms with Crippen LogP contribution in [0.25, 0.3) is 0 Å². The molecule has 4 nitrogen and oxygen atoms in total. The zero-order chi connectivity index (χ0) is 13.3. The fraction of sp³-hybridized carbons (Fsp3) is 0.929. The Hall–Kier alpha value is -0.610. The van der Waals surface area contributed by atoms with Gasteiger partial charge in [0.05, 0.1) is 6.42 Å². The summed E-state index contributed by atoms with van der Waals surface area (Å²) in [5.41, 5.74) is -0.142. The molecule has 1 heterocycles. The first-order valence-corrected chi connectivity index (χ1v) is 7.25. The van der Waals surface area contributed by atoms with Gasteiger partial charge in [0.25, 0.3) is 0 Å². The van der Waals surface area contributed by atoms with E-state index in [9.17, 15) is 9.90 Å². The Morgan fingerprint density at radius 2 is 2.00 bits per heavy atom. The minimum absolute atomic E-state index is 0.142. The van der Waals surface area contributed by atoms with Crippen LogP contribution in [0.4, 0.5) is 0 Å². The SMILES string of the molecule is CCN(CC)C1(CC(=O)O)CC(C)N(C2CC2)C1. The van der Waals surface area contributed by atoms with Crippen LogP contribution in [0.5, 0.6) is 0 Å². The predicted molar refractivity (Wildman–Crippen MR) is 71.7 cm³/mol. The van der Waals surface area contributed by atoms with Crippen molar-refractivity contribution in [2.75, 3.05) is 19.6 Å². The Kier molecular flexibility index (Phi) is 3.97. The van der Waals surface area contributed by atoms with Crippen molar-refractivity contribution in [3.63, 3.8) is 0 Å². The number of carboxylic acids is 1. The van der Waals surface area contributed by atoms with E-state index in [-0.39, 0.29) is 12.0 Å². The second-order valence-electron chi connectivity index (χ2n) is 5.92. The standard InChI is InChI=1S/C14H26N2O2/c1-4-15(5-2)14(9-13(17)18)8-11(3)16(10-14)12-6-7-12/h11-12H,4-10H2,1-3H3,(H,17,18). The first kappa shape index (κ1) is 13.8. The molecule has 1 saturated heterocycles. The van der Waals surface area contributed by atoms with Crippen molar-refractivity contribution >= 4 is 5.97 Å². The normalized spacial score (nSPS) is 33.2. The average Bonchev–Trinajstić information content (AvgIpc) is 3.06. The third kappa shape index (κ3) is 2.54. The maximum absolute atomic E-state index is 11.3. The molecule has 1 N–H and O–H groups in total. The fourth-order valence-electron chi connectivity index (χ4n) is 3.77. The summed E-state index contributed by atoms with van der Waals surface area (Å²) in [6, 6.07) is 1.25. The minimum Gasteiger partial charge on any atom is -0.481 e. The van der Waals surface area contributed by atoms with Gasteiger partial charge in [-0.2, -0.15) is 0 Å². The Morgan fingerprint density at radius 1 is 1.39 bits per heavy atom. The van der Waals surface area contributed by atoms with Crippen molar-refractivity contribution < 1.29 is 9.90 Å². The van der Waals surface area contributed by atoms with Crippen molar-refractivity contribution in [1.82, 2.24) is 9.80 Å². The van der Waals surface area contributed by atoms with Crippen molar-refractivity contribution in [2.24, 2.45) is 0 Å². The van der Waals surface area contributed by atoms with Gasteiger partial charge in [-0.05, 0) is 39.3 Å². The number of carbonyl (C=O) groups is 1. The highest BCUT2D eigenvalue weighted by Gasteiger charge is 2.50. The molecule has 2 fully saturated rings. The molecule has 0 bridgehead atoms. The summed E-state index contributed by atoms with van der Waals surface area (Å²) in [6.07, 6.45) is 3.87. The summed E-state index contributed by atoms with van der Waals surface area (Å²) in [7, 11) is 0. The Labute approximate surface area is 110 Å². The van der Waals surface area contributed by atoms with Crippen LogP contribution in [0, 0.1) is 0 Å². The molecule has 1 aliphatic carbocycles. The fourth-order valence-corrected chi connectivity index (χ4v) is 3.77. The number of hydrogen-bond donors (Lipinski definition) is 1. The molecule has 1 aliphatic heterocycles. The van der Waals surface area contributed by atoms with Gasteiger partial charge < -0.3 is 5.11 Å². The van der Waals surface area contributed by atoms with Gasteiger partial charge in [-0.1, -0.05) is 13.8 Å². The van der Waals surface area contributed by atoms with Gasteiger partial charge in [0.1, 0.15) is 0 Å². The first-order valence-electron chi connectivity index (χ1n) is 7.25. The van der Waals surface area contributed by atoms with Crippen LogP contribution in [-0.2, 0) is 4.79 Å². The molecule has 2 unspecified atom stereocenters. The molecule has 0 aromatic rings. The molecule has 104 valence electrons. The molecule has 0 amide bonds. The molecule has 18 heavy (non-hydrogen) atoms. The van der Waals surface area contributed by atoms with Crippen molar-refractivity contribution in [3.05, 3.63) is 0 Å². The zero-order valence-corrected chi connectivity index (χ0v) is 11.9. The van der Waals surface area contributed by atoms with E-state index in [1.807, 2.05) is 0 Å². The van der Waals surface area contributed by atoms with Crippen LogP contribution in [0.2, 0.25) is 0 Å². The van der Waals surface area contributed by atoms with Crippen molar-refractivity contribution in [2.45, 2.75) is 64.1 Å². The Bertz CT molecular complexity index is 313. The van der Waals surface area contributed by atoms with Crippen LogP contribution in [0.15, 0.2) is 0 Å². The molecule has 2 aliphatic rings. The lowest BCUT2D eigenvalue weighted by Crippen LogP contribution is -2.52. The van der Waals surface area contributed by atoms with Crippen LogP contribution in [0.3, 0.4) is 0 Å². The number of likely N-dealkylation sites (N-methyl/N-ethyl adjacent to an activating group) is 1. The summed E-state index contributed by atoms with van der Waals surface area (Å²) >= 11 is 0. The number of nitrogens with zero attached hydrogens (tertiary/aromatic N) is 2. The van der Waals surface area contributed by atoms with E-state index < -0.39 is 5.97 Å². The summed E-state index contributed by atoms with van der Waals surface area (Å²) in [5, 5.41) is 9.26. The van der Waals surface area contributed by atoms with Crippen LogP contribution in [0.1, 0.15) is 46.5 Å². The van der Waals surface area contributed by atoms with Gasteiger partial charge in [0, 0.05) is 24.2 Å². The molecule has 2 atom stereocenters. The van der Waals surface area contributed by atoms with Gasteiger partial charge in [-0.25, -0.2) is 0 Å². The Balaban J connectivity index is 2.17. The van der Waals surface area contributed by atoms with E-state index in [4.69, 9.17) is 0 Å². The summed E-state index contributed by atoms with van der Waals surface area (Å²) in [4.78, 5) is 16.2. The average molecular weight is 254 g/mol. The molecule has 4 heteroatoms. The first-order chi connectivity index (χ1) is 8.52. The van der Waals surface area contributed by atoms with Crippen molar-refractivity contribution in [1.29, 1.82) is 0 Å². The summed E-state index contributed by atoms with van der Waals surface area (Å²) in [6.45, 7) is 9.34. The predicted octanol–water partition coefficient (Wildman–Crippen LogP) is 1.80. The monoisotopic (exact) mass is 254 g/mol. The molecule has 0 radical (unpaired) electrons. The number of aliphatic carboxylic acids is 1. The van der Waals surface area contributed by atoms with E-state index in [1.165, 1.54) is 12.8 Å². The van der Waals surface area contributed by atoms with E-state index in [2.05, 4.69) is 30.6 Å². The summed E-state index contributed by atoms with van der Waals surface area (Å²) in [5.74, 6) is -0.660. The van der Waals surface area contributed by atoms with Gasteiger partial charge in [0.2, 0.25) is 0 Å². The molecule has 1 saturated carbocycles. The lowest BCUT2D eigenvalue weighted by molar-refractivity contribution is -0.140. The molecular weight excluding hydrogens is 228 g/mol. The van der Waals surface area contributed by atoms with E-state index >= 15 is 0 Å². The van der Waals surface area contributed by atoms with E-state index in [1.54, 1.807) is 0 Å². The molecule has 0 aromatic carbocycles. The van der Waals surface area contributed by atoms with Gasteiger partial charge >= 0.3 is 5.97 Å². The molecule has 2 rings (SSSR count). The second kappa shape index (κ2) is 5.17. The number of rotatable bonds is 6. The number of hydrogen-bond acceptors (Lipinski definition) is 3. The summed E-state index contributed by atoms with van der Waals surface area (Å²) < 4.78 is 0. The minimum atomic E-state index is -0.660. The van der Waals surface area contributed by atoms with Crippen LogP contribution >= 0.6 is 0 Å². The third-order valence-electron chi connectivity index (χ3n) is 4.65.